The second-order valence-corrected chi connectivity index (χ2v) is 12.0. The van der Waals surface area contributed by atoms with E-state index in [1.165, 1.54) is 43.9 Å². The summed E-state index contributed by atoms with van der Waals surface area (Å²) in [6, 6.07) is 16.3. The molecule has 4 aliphatic rings. The molecule has 4 fully saturated rings. The fourth-order valence-corrected chi connectivity index (χ4v) is 8.43. The molecule has 35 heavy (non-hydrogen) atoms. The Morgan fingerprint density at radius 2 is 1.51 bits per heavy atom. The number of hydrogen-bond donors (Lipinski definition) is 0. The molecule has 1 heterocycles. The summed E-state index contributed by atoms with van der Waals surface area (Å²) in [7, 11) is 4.19. The minimum absolute atomic E-state index is 0.133. The number of methoxy groups -OCH3 is 1. The molecule has 0 radical (unpaired) electrons. The van der Waals surface area contributed by atoms with E-state index >= 15 is 0 Å². The van der Waals surface area contributed by atoms with Gasteiger partial charge in [-0.3, -0.25) is 4.79 Å². The van der Waals surface area contributed by atoms with E-state index in [1.54, 1.807) is 0 Å². The first-order chi connectivity index (χ1) is 17.1. The lowest BCUT2D eigenvalue weighted by Gasteiger charge is -2.59. The summed E-state index contributed by atoms with van der Waals surface area (Å²) in [6.45, 7) is 2.84. The van der Waals surface area contributed by atoms with Crippen molar-refractivity contribution in [3.8, 4) is 0 Å². The Labute approximate surface area is 209 Å². The Balaban J connectivity index is 1.10. The summed E-state index contributed by atoms with van der Waals surface area (Å²) >= 11 is 0. The van der Waals surface area contributed by atoms with Gasteiger partial charge >= 0.3 is 0 Å². The van der Waals surface area contributed by atoms with Crippen molar-refractivity contribution in [2.45, 2.75) is 64.0 Å². The van der Waals surface area contributed by atoms with Gasteiger partial charge in [-0.1, -0.05) is 36.4 Å². The van der Waals surface area contributed by atoms with E-state index in [9.17, 15) is 4.79 Å². The Morgan fingerprint density at radius 1 is 0.914 bits per heavy atom. The number of pyridine rings is 1. The Bertz CT molecular complexity index is 1230. The number of unbranched alkanes of at least 4 members (excludes halogenated alkanes) is 1. The molecule has 0 amide bonds. The molecule has 1 atom stereocenters. The van der Waals surface area contributed by atoms with Crippen molar-refractivity contribution in [2.24, 2.45) is 23.2 Å². The quantitative estimate of drug-likeness (QED) is 0.279. The topological polar surface area (TPSA) is 34.5 Å². The Hall–Kier alpha value is -2.17. The van der Waals surface area contributed by atoms with Gasteiger partial charge in [0.25, 0.3) is 5.56 Å². The second kappa shape index (κ2) is 9.37. The molecular formula is C31H40N2O2. The van der Waals surface area contributed by atoms with Crippen LogP contribution in [0, 0.1) is 23.2 Å². The molecule has 0 N–H and O–H groups in total. The van der Waals surface area contributed by atoms with Gasteiger partial charge in [0, 0.05) is 31.0 Å². The van der Waals surface area contributed by atoms with Crippen molar-refractivity contribution in [3.63, 3.8) is 0 Å². The van der Waals surface area contributed by atoms with Gasteiger partial charge in [-0.05, 0) is 106 Å². The normalized spacial score (nSPS) is 28.4. The van der Waals surface area contributed by atoms with Crippen LogP contribution in [0.2, 0.25) is 0 Å². The van der Waals surface area contributed by atoms with Gasteiger partial charge in [0.1, 0.15) is 0 Å². The van der Waals surface area contributed by atoms with Gasteiger partial charge in [0.05, 0.1) is 11.6 Å². The smallest absolute Gasteiger partial charge is 0.258 e. The minimum Gasteiger partial charge on any atom is -0.380 e. The maximum Gasteiger partial charge on any atom is 0.258 e. The largest absolute Gasteiger partial charge is 0.380 e. The lowest BCUT2D eigenvalue weighted by Crippen LogP contribution is -2.54. The van der Waals surface area contributed by atoms with Crippen LogP contribution in [-0.2, 0) is 11.3 Å². The molecule has 4 aliphatic carbocycles. The standard InChI is InChI=1S/C31H40N2O2/c1-32(21-29(35-2)31-18-22-15-23(19-31)17-24(16-22)20-31)13-7-8-14-33-28-12-6-5-10-26(28)25-9-3-4-11-27(25)30(33)34/h3-6,9-12,22-24,29H,7-8,13-21H2,1-2H3. The fraction of sp³-hybridized carbons (Fsp3) is 0.581. The molecule has 4 bridgehead atoms. The molecule has 1 unspecified atom stereocenters. The fourth-order valence-electron chi connectivity index (χ4n) is 8.43. The Kier molecular flexibility index (Phi) is 6.22. The van der Waals surface area contributed by atoms with Gasteiger partial charge in [-0.2, -0.15) is 0 Å². The van der Waals surface area contributed by atoms with E-state index in [1.807, 2.05) is 35.9 Å². The predicted molar refractivity (Wildman–Crippen MR) is 144 cm³/mol. The summed E-state index contributed by atoms with van der Waals surface area (Å²) in [5.74, 6) is 2.87. The zero-order valence-corrected chi connectivity index (χ0v) is 21.4. The number of benzene rings is 2. The SMILES string of the molecule is COC(CN(C)CCCCn1c(=O)c2ccccc2c2ccccc21)C12CC3CC(CC(C3)C1)C2. The van der Waals surface area contributed by atoms with Gasteiger partial charge < -0.3 is 14.2 Å². The van der Waals surface area contributed by atoms with Crippen LogP contribution in [-0.4, -0.2) is 42.8 Å². The first kappa shape index (κ1) is 23.2. The number of para-hydroxylation sites is 1. The number of nitrogens with zero attached hydrogens (tertiary/aromatic N) is 2. The predicted octanol–water partition coefficient (Wildman–Crippen LogP) is 6.10. The van der Waals surface area contributed by atoms with Crippen molar-refractivity contribution in [1.29, 1.82) is 0 Å². The first-order valence-corrected chi connectivity index (χ1v) is 13.8. The van der Waals surface area contributed by atoms with Crippen molar-refractivity contribution in [2.75, 3.05) is 27.2 Å². The van der Waals surface area contributed by atoms with E-state index in [0.717, 1.165) is 66.5 Å². The van der Waals surface area contributed by atoms with Crippen LogP contribution in [0.5, 0.6) is 0 Å². The average Bonchev–Trinajstić information content (AvgIpc) is 2.86. The van der Waals surface area contributed by atoms with Crippen molar-refractivity contribution >= 4 is 21.7 Å². The van der Waals surface area contributed by atoms with E-state index < -0.39 is 0 Å². The number of ether oxygens (including phenoxy) is 1. The Morgan fingerprint density at radius 3 is 2.17 bits per heavy atom. The molecule has 4 saturated carbocycles. The number of aryl methyl sites for hydroxylation is 1. The second-order valence-electron chi connectivity index (χ2n) is 12.0. The van der Waals surface area contributed by atoms with E-state index in [0.29, 0.717) is 11.5 Å². The molecule has 186 valence electrons. The van der Waals surface area contributed by atoms with Crippen LogP contribution >= 0.6 is 0 Å². The van der Waals surface area contributed by atoms with Crippen LogP contribution < -0.4 is 5.56 Å². The van der Waals surface area contributed by atoms with Crippen LogP contribution in [0.3, 0.4) is 0 Å². The summed E-state index contributed by atoms with van der Waals surface area (Å²) < 4.78 is 8.19. The van der Waals surface area contributed by atoms with E-state index in [2.05, 4.69) is 36.2 Å². The third-order valence-corrected chi connectivity index (χ3v) is 9.59. The van der Waals surface area contributed by atoms with Gasteiger partial charge in [0.2, 0.25) is 0 Å². The molecule has 0 aliphatic heterocycles. The summed E-state index contributed by atoms with van der Waals surface area (Å²) in [5.41, 5.74) is 1.61. The first-order valence-electron chi connectivity index (χ1n) is 13.8. The number of likely N-dealkylation sites (N-methyl/N-ethyl adjacent to an activating group) is 1. The monoisotopic (exact) mass is 472 g/mol. The zero-order chi connectivity index (χ0) is 24.0. The molecule has 4 heteroatoms. The van der Waals surface area contributed by atoms with Gasteiger partial charge in [-0.25, -0.2) is 0 Å². The zero-order valence-electron chi connectivity index (χ0n) is 21.4. The number of rotatable bonds is 9. The van der Waals surface area contributed by atoms with Crippen LogP contribution in [0.4, 0.5) is 0 Å². The maximum absolute atomic E-state index is 13.3. The van der Waals surface area contributed by atoms with Crippen LogP contribution in [0.25, 0.3) is 21.7 Å². The minimum atomic E-state index is 0.133. The van der Waals surface area contributed by atoms with E-state index in [-0.39, 0.29) is 5.56 Å². The summed E-state index contributed by atoms with van der Waals surface area (Å²) in [5, 5.41) is 3.04. The van der Waals surface area contributed by atoms with Crippen molar-refractivity contribution < 1.29 is 4.74 Å². The molecule has 7 rings (SSSR count). The van der Waals surface area contributed by atoms with E-state index in [4.69, 9.17) is 4.74 Å². The molecule has 2 aromatic carbocycles. The third kappa shape index (κ3) is 4.23. The number of hydrogen-bond acceptors (Lipinski definition) is 3. The maximum atomic E-state index is 13.3. The molecule has 0 spiro atoms. The molecule has 4 nitrogen and oxygen atoms in total. The van der Waals surface area contributed by atoms with Crippen molar-refractivity contribution in [3.05, 3.63) is 58.9 Å². The molecular weight excluding hydrogens is 432 g/mol. The highest BCUT2D eigenvalue weighted by Gasteiger charge is 2.54. The highest BCUT2D eigenvalue weighted by Crippen LogP contribution is 2.61. The van der Waals surface area contributed by atoms with Crippen LogP contribution in [0.1, 0.15) is 51.4 Å². The van der Waals surface area contributed by atoms with Crippen LogP contribution in [0.15, 0.2) is 53.3 Å². The van der Waals surface area contributed by atoms with Gasteiger partial charge in [-0.15, -0.1) is 0 Å². The lowest BCUT2D eigenvalue weighted by molar-refractivity contribution is -0.137. The highest BCUT2D eigenvalue weighted by atomic mass is 16.5. The third-order valence-electron chi connectivity index (χ3n) is 9.59. The number of aromatic nitrogens is 1. The summed E-state index contributed by atoms with van der Waals surface area (Å²) in [4.78, 5) is 15.8. The molecule has 0 saturated heterocycles. The lowest BCUT2D eigenvalue weighted by atomic mass is 9.48. The van der Waals surface area contributed by atoms with Crippen molar-refractivity contribution in [1.82, 2.24) is 9.47 Å². The average molecular weight is 473 g/mol. The summed E-state index contributed by atoms with van der Waals surface area (Å²) in [6.07, 6.45) is 11.1. The van der Waals surface area contributed by atoms with Gasteiger partial charge in [0.15, 0.2) is 0 Å². The molecule has 1 aromatic heterocycles. The number of fused-ring (bicyclic) bond motifs is 3. The molecule has 3 aromatic rings. The highest BCUT2D eigenvalue weighted by molar-refractivity contribution is 6.05.